The van der Waals surface area contributed by atoms with Crippen molar-refractivity contribution < 1.29 is 13.5 Å². The van der Waals surface area contributed by atoms with Gasteiger partial charge in [0.15, 0.2) is 0 Å². The normalized spacial score (nSPS) is 20.9. The van der Waals surface area contributed by atoms with E-state index in [1.54, 1.807) is 6.20 Å². The summed E-state index contributed by atoms with van der Waals surface area (Å²) in [5.41, 5.74) is 0.0762. The summed E-state index contributed by atoms with van der Waals surface area (Å²) < 4.78 is 33.2. The summed E-state index contributed by atoms with van der Waals surface area (Å²) in [6.45, 7) is 4.66. The van der Waals surface area contributed by atoms with Gasteiger partial charge < -0.3 is 15.0 Å². The van der Waals surface area contributed by atoms with Crippen LogP contribution in [-0.2, 0) is 11.3 Å². The van der Waals surface area contributed by atoms with Crippen molar-refractivity contribution >= 4 is 11.8 Å². The number of halogens is 2. The maximum Gasteiger partial charge on any atom is 0.227 e. The van der Waals surface area contributed by atoms with Crippen molar-refractivity contribution in [1.82, 2.24) is 19.9 Å². The lowest BCUT2D eigenvalue weighted by Gasteiger charge is -2.33. The molecule has 2 aliphatic rings. The van der Waals surface area contributed by atoms with Crippen molar-refractivity contribution in [3.8, 4) is 0 Å². The van der Waals surface area contributed by atoms with Crippen LogP contribution in [0.25, 0.3) is 0 Å². The molecule has 2 aromatic heterocycles. The summed E-state index contributed by atoms with van der Waals surface area (Å²) in [6, 6.07) is 2.01. The first kappa shape index (κ1) is 18.9. The van der Waals surface area contributed by atoms with Gasteiger partial charge in [-0.25, -0.2) is 13.8 Å². The van der Waals surface area contributed by atoms with Gasteiger partial charge in [-0.3, -0.25) is 9.88 Å². The van der Waals surface area contributed by atoms with Gasteiger partial charge in [-0.1, -0.05) is 0 Å². The molecule has 0 amide bonds. The maximum atomic E-state index is 13.9. The van der Waals surface area contributed by atoms with E-state index in [1.165, 1.54) is 0 Å². The molecule has 2 fully saturated rings. The first-order chi connectivity index (χ1) is 13.7. The molecule has 7 nitrogen and oxygen atoms in total. The average Bonchev–Trinajstić information content (AvgIpc) is 2.72. The van der Waals surface area contributed by atoms with E-state index in [2.05, 4.69) is 30.1 Å². The van der Waals surface area contributed by atoms with Crippen molar-refractivity contribution in [3.05, 3.63) is 41.9 Å². The SMILES string of the molecule is Fc1cncc(F)c1CN1CCCC(Nc2ccnc(N3CCOCC3)n2)C1. The Kier molecular flexibility index (Phi) is 5.92. The molecule has 2 saturated heterocycles. The van der Waals surface area contributed by atoms with E-state index in [1.807, 2.05) is 6.07 Å². The third-order valence-electron chi connectivity index (χ3n) is 5.13. The lowest BCUT2D eigenvalue weighted by Crippen LogP contribution is -2.42. The number of pyridine rings is 1. The van der Waals surface area contributed by atoms with Gasteiger partial charge in [-0.15, -0.1) is 0 Å². The quantitative estimate of drug-likeness (QED) is 0.838. The number of anilines is 2. The van der Waals surface area contributed by atoms with Gasteiger partial charge in [0.25, 0.3) is 0 Å². The van der Waals surface area contributed by atoms with Crippen LogP contribution in [0.1, 0.15) is 18.4 Å². The van der Waals surface area contributed by atoms with Crippen molar-refractivity contribution in [2.45, 2.75) is 25.4 Å². The van der Waals surface area contributed by atoms with Crippen LogP contribution in [0, 0.1) is 11.6 Å². The highest BCUT2D eigenvalue weighted by Crippen LogP contribution is 2.20. The number of hydrogen-bond acceptors (Lipinski definition) is 7. The Morgan fingerprint density at radius 2 is 1.93 bits per heavy atom. The summed E-state index contributed by atoms with van der Waals surface area (Å²) >= 11 is 0. The van der Waals surface area contributed by atoms with E-state index in [0.717, 1.165) is 50.7 Å². The third-order valence-corrected chi connectivity index (χ3v) is 5.13. The Bertz CT molecular complexity index is 781. The molecule has 0 saturated carbocycles. The molecule has 1 atom stereocenters. The fraction of sp³-hybridized carbons (Fsp3) is 0.526. The van der Waals surface area contributed by atoms with Gasteiger partial charge in [0.1, 0.15) is 17.5 Å². The molecule has 150 valence electrons. The highest BCUT2D eigenvalue weighted by Gasteiger charge is 2.23. The standard InChI is InChI=1S/C19H24F2N6O/c20-16-10-22-11-17(21)15(16)13-26-5-1-2-14(12-26)24-18-3-4-23-19(25-18)27-6-8-28-9-7-27/h3-4,10-11,14H,1-2,5-9,12-13H2,(H,23,24,25). The van der Waals surface area contributed by atoms with Gasteiger partial charge in [0.2, 0.25) is 5.95 Å². The molecule has 1 unspecified atom stereocenters. The van der Waals surface area contributed by atoms with Crippen LogP contribution in [0.4, 0.5) is 20.5 Å². The van der Waals surface area contributed by atoms with E-state index in [4.69, 9.17) is 4.74 Å². The molecule has 1 N–H and O–H groups in total. The minimum atomic E-state index is -0.596. The van der Waals surface area contributed by atoms with E-state index in [9.17, 15) is 8.78 Å². The van der Waals surface area contributed by atoms with Crippen LogP contribution in [-0.4, -0.2) is 65.3 Å². The second-order valence-corrected chi connectivity index (χ2v) is 7.14. The Hall–Kier alpha value is -2.39. The van der Waals surface area contributed by atoms with Crippen LogP contribution in [0.15, 0.2) is 24.7 Å². The molecule has 0 bridgehead atoms. The molecular formula is C19H24F2N6O. The van der Waals surface area contributed by atoms with Crippen LogP contribution < -0.4 is 10.2 Å². The number of nitrogens with zero attached hydrogens (tertiary/aromatic N) is 5. The molecular weight excluding hydrogens is 366 g/mol. The molecule has 9 heteroatoms. The van der Waals surface area contributed by atoms with Crippen LogP contribution in [0.2, 0.25) is 0 Å². The molecule has 2 aromatic rings. The first-order valence-electron chi connectivity index (χ1n) is 9.61. The predicted octanol–water partition coefficient (Wildman–Crippen LogP) is 2.06. The van der Waals surface area contributed by atoms with Gasteiger partial charge in [-0.2, -0.15) is 4.98 Å². The van der Waals surface area contributed by atoms with E-state index >= 15 is 0 Å². The smallest absolute Gasteiger partial charge is 0.227 e. The molecule has 2 aliphatic heterocycles. The zero-order valence-corrected chi connectivity index (χ0v) is 15.7. The van der Waals surface area contributed by atoms with E-state index in [-0.39, 0.29) is 18.2 Å². The lowest BCUT2D eigenvalue weighted by molar-refractivity contribution is 0.122. The number of morpholine rings is 1. The summed E-state index contributed by atoms with van der Waals surface area (Å²) in [7, 11) is 0. The van der Waals surface area contributed by atoms with Gasteiger partial charge in [0, 0.05) is 44.0 Å². The summed E-state index contributed by atoms with van der Waals surface area (Å²) in [6.07, 6.45) is 5.81. The topological polar surface area (TPSA) is 66.4 Å². The number of hydrogen-bond donors (Lipinski definition) is 1. The largest absolute Gasteiger partial charge is 0.378 e. The Balaban J connectivity index is 1.39. The monoisotopic (exact) mass is 390 g/mol. The van der Waals surface area contributed by atoms with Gasteiger partial charge in [-0.05, 0) is 25.5 Å². The zero-order chi connectivity index (χ0) is 19.3. The first-order valence-corrected chi connectivity index (χ1v) is 9.61. The molecule has 0 aliphatic carbocycles. The number of rotatable bonds is 5. The molecule has 0 radical (unpaired) electrons. The Morgan fingerprint density at radius 3 is 2.71 bits per heavy atom. The maximum absolute atomic E-state index is 13.9. The predicted molar refractivity (Wildman–Crippen MR) is 101 cm³/mol. The second-order valence-electron chi connectivity index (χ2n) is 7.14. The number of piperidine rings is 1. The number of aromatic nitrogens is 3. The molecule has 4 rings (SSSR count). The Labute approximate surface area is 162 Å². The van der Waals surface area contributed by atoms with Crippen molar-refractivity contribution in [2.75, 3.05) is 49.6 Å². The van der Waals surface area contributed by atoms with Crippen LogP contribution in [0.3, 0.4) is 0 Å². The highest BCUT2D eigenvalue weighted by atomic mass is 19.1. The summed E-state index contributed by atoms with van der Waals surface area (Å²) in [5.74, 6) is 0.272. The molecule has 0 aromatic carbocycles. The number of nitrogens with one attached hydrogen (secondary N) is 1. The fourth-order valence-electron chi connectivity index (χ4n) is 3.68. The third kappa shape index (κ3) is 4.53. The van der Waals surface area contributed by atoms with Crippen LogP contribution in [0.5, 0.6) is 0 Å². The summed E-state index contributed by atoms with van der Waals surface area (Å²) in [4.78, 5) is 16.7. The van der Waals surface area contributed by atoms with Crippen molar-refractivity contribution in [1.29, 1.82) is 0 Å². The van der Waals surface area contributed by atoms with Crippen LogP contribution >= 0.6 is 0 Å². The average molecular weight is 390 g/mol. The highest BCUT2D eigenvalue weighted by molar-refractivity contribution is 5.42. The Morgan fingerprint density at radius 1 is 1.14 bits per heavy atom. The zero-order valence-electron chi connectivity index (χ0n) is 15.7. The lowest BCUT2D eigenvalue weighted by atomic mass is 10.0. The number of ether oxygens (including phenoxy) is 1. The molecule has 28 heavy (non-hydrogen) atoms. The molecule has 0 spiro atoms. The fourth-order valence-corrected chi connectivity index (χ4v) is 3.68. The summed E-state index contributed by atoms with van der Waals surface area (Å²) in [5, 5.41) is 3.45. The van der Waals surface area contributed by atoms with Gasteiger partial charge in [0.05, 0.1) is 25.6 Å². The minimum Gasteiger partial charge on any atom is -0.378 e. The molecule has 4 heterocycles. The minimum absolute atomic E-state index is 0.0762. The van der Waals surface area contributed by atoms with Crippen molar-refractivity contribution in [3.63, 3.8) is 0 Å². The van der Waals surface area contributed by atoms with E-state index < -0.39 is 11.6 Å². The van der Waals surface area contributed by atoms with E-state index in [0.29, 0.717) is 25.7 Å². The number of likely N-dealkylation sites (tertiary alicyclic amines) is 1. The van der Waals surface area contributed by atoms with Crippen molar-refractivity contribution in [2.24, 2.45) is 0 Å². The second kappa shape index (κ2) is 8.74. The van der Waals surface area contributed by atoms with Gasteiger partial charge >= 0.3 is 0 Å².